The Morgan fingerprint density at radius 2 is 2.08 bits per heavy atom. The van der Waals surface area contributed by atoms with Crippen LogP contribution in [0.1, 0.15) is 59.8 Å². The van der Waals surface area contributed by atoms with Gasteiger partial charge >= 0.3 is 0 Å². The molecule has 0 heterocycles. The molecule has 1 rings (SSSR count). The molecule has 0 spiro atoms. The minimum atomic E-state index is 0.703. The van der Waals surface area contributed by atoms with E-state index in [0.717, 1.165) is 11.8 Å². The van der Waals surface area contributed by atoms with E-state index in [1.54, 1.807) is 0 Å². The van der Waals surface area contributed by atoms with Crippen molar-refractivity contribution in [1.29, 1.82) is 0 Å². The molecule has 1 aliphatic carbocycles. The van der Waals surface area contributed by atoms with E-state index in [9.17, 15) is 0 Å². The van der Waals surface area contributed by atoms with Gasteiger partial charge in [0.1, 0.15) is 0 Å². The minimum Gasteiger partial charge on any atom is -0.0654 e. The molecule has 0 aliphatic heterocycles. The van der Waals surface area contributed by atoms with Crippen LogP contribution in [0.25, 0.3) is 0 Å². The zero-order valence-electron chi connectivity index (χ0n) is 9.19. The molecular formula is C12H24. The van der Waals surface area contributed by atoms with Gasteiger partial charge < -0.3 is 0 Å². The Bertz CT molecular complexity index is 137. The highest BCUT2D eigenvalue weighted by atomic mass is 14.5. The van der Waals surface area contributed by atoms with Crippen LogP contribution in [-0.2, 0) is 0 Å². The van der Waals surface area contributed by atoms with Crippen molar-refractivity contribution in [2.75, 3.05) is 0 Å². The first-order valence-corrected chi connectivity index (χ1v) is 5.63. The Hall–Kier alpha value is 0. The van der Waals surface area contributed by atoms with E-state index in [1.165, 1.54) is 32.1 Å². The van der Waals surface area contributed by atoms with Crippen LogP contribution < -0.4 is 0 Å². The number of rotatable bonds is 3. The van der Waals surface area contributed by atoms with Crippen LogP contribution >= 0.6 is 0 Å². The first-order valence-electron chi connectivity index (χ1n) is 5.63. The fourth-order valence-electron chi connectivity index (χ4n) is 3.25. The van der Waals surface area contributed by atoms with Crippen LogP contribution in [0.2, 0.25) is 0 Å². The SMILES string of the molecule is CCCC1(C(C)C)CCCC1C. The smallest absolute Gasteiger partial charge is 0.0249 e. The van der Waals surface area contributed by atoms with Crippen LogP contribution in [-0.4, -0.2) is 0 Å². The molecule has 0 aromatic rings. The molecule has 0 aromatic heterocycles. The highest BCUT2D eigenvalue weighted by Crippen LogP contribution is 2.51. The molecular weight excluding hydrogens is 144 g/mol. The Morgan fingerprint density at radius 1 is 1.42 bits per heavy atom. The maximum Gasteiger partial charge on any atom is -0.0249 e. The van der Waals surface area contributed by atoms with E-state index in [4.69, 9.17) is 0 Å². The van der Waals surface area contributed by atoms with Crippen molar-refractivity contribution in [2.45, 2.75) is 59.8 Å². The molecule has 72 valence electrons. The van der Waals surface area contributed by atoms with Crippen LogP contribution in [0.5, 0.6) is 0 Å². The van der Waals surface area contributed by atoms with Crippen LogP contribution in [0.3, 0.4) is 0 Å². The lowest BCUT2D eigenvalue weighted by Gasteiger charge is -2.38. The summed E-state index contributed by atoms with van der Waals surface area (Å²) in [6, 6.07) is 0. The summed E-state index contributed by atoms with van der Waals surface area (Å²) >= 11 is 0. The monoisotopic (exact) mass is 168 g/mol. The van der Waals surface area contributed by atoms with Crippen molar-refractivity contribution in [3.8, 4) is 0 Å². The number of hydrogen-bond donors (Lipinski definition) is 0. The van der Waals surface area contributed by atoms with Gasteiger partial charge in [0, 0.05) is 0 Å². The van der Waals surface area contributed by atoms with Crippen LogP contribution in [0.15, 0.2) is 0 Å². The van der Waals surface area contributed by atoms with E-state index in [1.807, 2.05) is 0 Å². The van der Waals surface area contributed by atoms with Gasteiger partial charge in [-0.05, 0) is 30.1 Å². The predicted molar refractivity (Wildman–Crippen MR) is 55.2 cm³/mol. The zero-order valence-corrected chi connectivity index (χ0v) is 9.19. The Kier molecular flexibility index (Phi) is 3.20. The first kappa shape index (κ1) is 10.1. The van der Waals surface area contributed by atoms with Gasteiger partial charge in [-0.2, -0.15) is 0 Å². The van der Waals surface area contributed by atoms with Crippen molar-refractivity contribution < 1.29 is 0 Å². The third kappa shape index (κ3) is 1.53. The lowest BCUT2D eigenvalue weighted by Crippen LogP contribution is -2.29. The highest BCUT2D eigenvalue weighted by molar-refractivity contribution is 4.91. The summed E-state index contributed by atoms with van der Waals surface area (Å²) in [7, 11) is 0. The summed E-state index contributed by atoms with van der Waals surface area (Å²) in [5.41, 5.74) is 0.703. The van der Waals surface area contributed by atoms with Gasteiger partial charge in [-0.15, -0.1) is 0 Å². The molecule has 0 saturated heterocycles. The van der Waals surface area contributed by atoms with Gasteiger partial charge in [0.2, 0.25) is 0 Å². The summed E-state index contributed by atoms with van der Waals surface area (Å²) in [5.74, 6) is 1.85. The molecule has 2 atom stereocenters. The molecule has 12 heavy (non-hydrogen) atoms. The second-order valence-corrected chi connectivity index (χ2v) is 4.93. The molecule has 1 fully saturated rings. The Morgan fingerprint density at radius 3 is 2.42 bits per heavy atom. The molecule has 1 aliphatic rings. The standard InChI is InChI=1S/C12H24/c1-5-8-12(10(2)3)9-6-7-11(12)4/h10-11H,5-9H2,1-4H3. The maximum atomic E-state index is 2.46. The van der Waals surface area contributed by atoms with Crippen LogP contribution in [0.4, 0.5) is 0 Å². The molecule has 0 radical (unpaired) electrons. The summed E-state index contributed by atoms with van der Waals surface area (Å²) in [6.07, 6.45) is 7.24. The van der Waals surface area contributed by atoms with Gasteiger partial charge in [0.05, 0.1) is 0 Å². The predicted octanol–water partition coefficient (Wildman–Crippen LogP) is 4.25. The fourth-order valence-corrected chi connectivity index (χ4v) is 3.25. The number of hydrogen-bond acceptors (Lipinski definition) is 0. The van der Waals surface area contributed by atoms with Crippen molar-refractivity contribution >= 4 is 0 Å². The van der Waals surface area contributed by atoms with E-state index >= 15 is 0 Å². The topological polar surface area (TPSA) is 0 Å². The fraction of sp³-hybridized carbons (Fsp3) is 1.00. The lowest BCUT2D eigenvalue weighted by molar-refractivity contribution is 0.118. The van der Waals surface area contributed by atoms with Crippen molar-refractivity contribution in [2.24, 2.45) is 17.3 Å². The van der Waals surface area contributed by atoms with Gasteiger partial charge in [0.15, 0.2) is 0 Å². The van der Waals surface area contributed by atoms with E-state index < -0.39 is 0 Å². The second-order valence-electron chi connectivity index (χ2n) is 4.93. The summed E-state index contributed by atoms with van der Waals surface area (Å²) in [4.78, 5) is 0. The molecule has 0 bridgehead atoms. The van der Waals surface area contributed by atoms with E-state index in [0.29, 0.717) is 5.41 Å². The third-order valence-corrected chi connectivity index (χ3v) is 4.13. The molecule has 0 heteroatoms. The summed E-state index contributed by atoms with van der Waals surface area (Å²) < 4.78 is 0. The summed E-state index contributed by atoms with van der Waals surface area (Å²) in [6.45, 7) is 9.62. The van der Waals surface area contributed by atoms with Crippen molar-refractivity contribution in [1.82, 2.24) is 0 Å². The highest BCUT2D eigenvalue weighted by Gasteiger charge is 2.41. The van der Waals surface area contributed by atoms with Crippen molar-refractivity contribution in [3.63, 3.8) is 0 Å². The van der Waals surface area contributed by atoms with Gasteiger partial charge in [0.25, 0.3) is 0 Å². The summed E-state index contributed by atoms with van der Waals surface area (Å²) in [5, 5.41) is 0. The Balaban J connectivity index is 2.70. The molecule has 0 amide bonds. The van der Waals surface area contributed by atoms with Gasteiger partial charge in [-0.1, -0.05) is 47.0 Å². The van der Waals surface area contributed by atoms with E-state index in [2.05, 4.69) is 27.7 Å². The molecule has 0 nitrogen and oxygen atoms in total. The largest absolute Gasteiger partial charge is 0.0654 e. The molecule has 0 N–H and O–H groups in total. The van der Waals surface area contributed by atoms with Crippen LogP contribution in [0, 0.1) is 17.3 Å². The third-order valence-electron chi connectivity index (χ3n) is 4.13. The quantitative estimate of drug-likeness (QED) is 0.591. The lowest BCUT2D eigenvalue weighted by atomic mass is 9.67. The molecule has 0 aromatic carbocycles. The normalized spacial score (nSPS) is 36.2. The first-order chi connectivity index (χ1) is 5.63. The van der Waals surface area contributed by atoms with Crippen molar-refractivity contribution in [3.05, 3.63) is 0 Å². The van der Waals surface area contributed by atoms with E-state index in [-0.39, 0.29) is 0 Å². The average molecular weight is 168 g/mol. The van der Waals surface area contributed by atoms with Gasteiger partial charge in [-0.25, -0.2) is 0 Å². The molecule has 1 saturated carbocycles. The zero-order chi connectivity index (χ0) is 9.19. The van der Waals surface area contributed by atoms with Gasteiger partial charge in [-0.3, -0.25) is 0 Å². The Labute approximate surface area is 77.7 Å². The molecule has 2 unspecified atom stereocenters. The minimum absolute atomic E-state index is 0.703. The maximum absolute atomic E-state index is 2.46. The second kappa shape index (κ2) is 3.81. The average Bonchev–Trinajstić information content (AvgIpc) is 2.34.